The first-order valence-electron chi connectivity index (χ1n) is 12.3. The summed E-state index contributed by atoms with van der Waals surface area (Å²) in [6, 6.07) is 11.1. The van der Waals surface area contributed by atoms with E-state index in [4.69, 9.17) is 19.9 Å². The fraction of sp³-hybridized carbons (Fsp3) is 0.517. The van der Waals surface area contributed by atoms with Gasteiger partial charge in [0.05, 0.1) is 27.8 Å². The smallest absolute Gasteiger partial charge is 0.310 e. The van der Waals surface area contributed by atoms with Crippen molar-refractivity contribution in [3.05, 3.63) is 53.1 Å². The van der Waals surface area contributed by atoms with Gasteiger partial charge in [-0.2, -0.15) is 0 Å². The van der Waals surface area contributed by atoms with Gasteiger partial charge in [-0.05, 0) is 46.9 Å². The van der Waals surface area contributed by atoms with Gasteiger partial charge in [0.15, 0.2) is 5.78 Å². The summed E-state index contributed by atoms with van der Waals surface area (Å²) in [4.78, 5) is 25.5. The number of methoxy groups -OCH3 is 3. The molecule has 6 heteroatoms. The Morgan fingerprint density at radius 3 is 2.31 bits per heavy atom. The molecular weight excluding hydrogens is 442 g/mol. The molecule has 6 nitrogen and oxygen atoms in total. The average Bonchev–Trinajstić information content (AvgIpc) is 2.83. The van der Waals surface area contributed by atoms with Crippen LogP contribution in [0.2, 0.25) is 0 Å². The van der Waals surface area contributed by atoms with Crippen LogP contribution in [0, 0.1) is 11.3 Å². The third-order valence-electron chi connectivity index (χ3n) is 6.77. The van der Waals surface area contributed by atoms with Gasteiger partial charge in [-0.3, -0.25) is 9.59 Å². The number of nitrogens with two attached hydrogens (primary N) is 1. The maximum atomic E-state index is 13.7. The molecule has 0 aliphatic heterocycles. The highest BCUT2D eigenvalue weighted by atomic mass is 16.5. The van der Waals surface area contributed by atoms with Crippen molar-refractivity contribution in [2.75, 3.05) is 27.1 Å². The number of Topliss-reactive ketones (excluding diaryl/α,β-unsaturated/α-hetero) is 1. The highest BCUT2D eigenvalue weighted by molar-refractivity contribution is 6.02. The zero-order valence-electron chi connectivity index (χ0n) is 22.3. The second-order valence-electron chi connectivity index (χ2n) is 10.1. The van der Waals surface area contributed by atoms with Crippen molar-refractivity contribution in [1.29, 1.82) is 0 Å². The molecule has 0 aromatic heterocycles. The number of hydrogen-bond acceptors (Lipinski definition) is 6. The van der Waals surface area contributed by atoms with Gasteiger partial charge in [-0.1, -0.05) is 58.7 Å². The molecule has 2 atom stereocenters. The van der Waals surface area contributed by atoms with Crippen molar-refractivity contribution < 1.29 is 23.8 Å². The lowest BCUT2D eigenvalue weighted by molar-refractivity contribution is -0.139. The number of unbranched alkanes of at least 4 members (excludes halogenated alkanes) is 1. The standard InChI is InChI=1S/C29H41NO5/c1-8-9-13-24(29(2,3)4)23(21-15-14-20(33-5)17-26(21)34-6)18-25(31)22-12-10-11-19(28(22)30)16-27(32)35-7/h10-12,14-15,17,23-24H,8-9,13,16,18,30H2,1-7H3. The first-order chi connectivity index (χ1) is 16.6. The Hall–Kier alpha value is -3.02. The fourth-order valence-corrected chi connectivity index (χ4v) is 4.80. The van der Waals surface area contributed by atoms with Crippen molar-refractivity contribution in [3.8, 4) is 11.5 Å². The number of ketones is 1. The Balaban J connectivity index is 2.55. The molecule has 35 heavy (non-hydrogen) atoms. The maximum absolute atomic E-state index is 13.7. The summed E-state index contributed by atoms with van der Waals surface area (Å²) >= 11 is 0. The molecule has 0 bridgehead atoms. The number of hydrogen-bond donors (Lipinski definition) is 1. The third-order valence-corrected chi connectivity index (χ3v) is 6.77. The van der Waals surface area contributed by atoms with Crippen LogP contribution in [0.15, 0.2) is 36.4 Å². The van der Waals surface area contributed by atoms with Gasteiger partial charge in [-0.25, -0.2) is 0 Å². The van der Waals surface area contributed by atoms with Crippen LogP contribution in [0.1, 0.15) is 80.8 Å². The van der Waals surface area contributed by atoms with E-state index in [1.807, 2.05) is 18.2 Å². The molecule has 0 aliphatic rings. The van der Waals surface area contributed by atoms with Gasteiger partial charge < -0.3 is 19.9 Å². The zero-order chi connectivity index (χ0) is 26.2. The van der Waals surface area contributed by atoms with E-state index in [-0.39, 0.29) is 35.9 Å². The van der Waals surface area contributed by atoms with Crippen molar-refractivity contribution in [2.24, 2.45) is 11.3 Å². The molecule has 2 aromatic rings. The van der Waals surface area contributed by atoms with E-state index in [9.17, 15) is 9.59 Å². The summed E-state index contributed by atoms with van der Waals surface area (Å²) in [5.41, 5.74) is 8.69. The molecule has 192 valence electrons. The van der Waals surface area contributed by atoms with E-state index in [0.717, 1.165) is 24.8 Å². The number of rotatable bonds is 12. The number of ether oxygens (including phenoxy) is 3. The lowest BCUT2D eigenvalue weighted by Gasteiger charge is -2.38. The number of esters is 1. The van der Waals surface area contributed by atoms with E-state index < -0.39 is 5.97 Å². The number of anilines is 1. The van der Waals surface area contributed by atoms with Gasteiger partial charge >= 0.3 is 5.97 Å². The SMILES string of the molecule is CCCCC(C(CC(=O)c1cccc(CC(=O)OC)c1N)c1ccc(OC)cc1OC)C(C)(C)C. The highest BCUT2D eigenvalue weighted by Crippen LogP contribution is 2.46. The van der Waals surface area contributed by atoms with E-state index >= 15 is 0 Å². The zero-order valence-corrected chi connectivity index (χ0v) is 22.3. The monoisotopic (exact) mass is 483 g/mol. The normalized spacial score (nSPS) is 13.1. The quantitative estimate of drug-likeness (QED) is 0.219. The first kappa shape index (κ1) is 28.2. The lowest BCUT2D eigenvalue weighted by atomic mass is 9.66. The van der Waals surface area contributed by atoms with Gasteiger partial charge in [0.1, 0.15) is 11.5 Å². The van der Waals surface area contributed by atoms with Crippen LogP contribution in [-0.4, -0.2) is 33.1 Å². The molecule has 2 N–H and O–H groups in total. The van der Waals surface area contributed by atoms with E-state index in [2.05, 4.69) is 27.7 Å². The summed E-state index contributed by atoms with van der Waals surface area (Å²) in [5, 5.41) is 0. The molecule has 0 radical (unpaired) electrons. The molecule has 2 unspecified atom stereocenters. The van der Waals surface area contributed by atoms with Crippen molar-refractivity contribution >= 4 is 17.4 Å². The molecule has 0 spiro atoms. The second-order valence-corrected chi connectivity index (χ2v) is 10.1. The van der Waals surface area contributed by atoms with Crippen LogP contribution in [-0.2, 0) is 16.0 Å². The molecule has 0 heterocycles. The molecule has 0 aliphatic carbocycles. The van der Waals surface area contributed by atoms with Crippen molar-refractivity contribution in [3.63, 3.8) is 0 Å². The third kappa shape index (κ3) is 7.23. The Kier molecular flexibility index (Phi) is 10.2. The summed E-state index contributed by atoms with van der Waals surface area (Å²) in [7, 11) is 4.60. The fourth-order valence-electron chi connectivity index (χ4n) is 4.80. The van der Waals surface area contributed by atoms with Crippen LogP contribution in [0.5, 0.6) is 11.5 Å². The summed E-state index contributed by atoms with van der Waals surface area (Å²) in [6.07, 6.45) is 3.45. The van der Waals surface area contributed by atoms with E-state index in [0.29, 0.717) is 28.3 Å². The Morgan fingerprint density at radius 2 is 1.74 bits per heavy atom. The van der Waals surface area contributed by atoms with Crippen molar-refractivity contribution in [2.45, 2.75) is 65.7 Å². The Bertz CT molecular complexity index is 1010. The summed E-state index contributed by atoms with van der Waals surface area (Å²) < 4.78 is 15.9. The number of carbonyl (C=O) groups is 2. The molecule has 0 saturated heterocycles. The van der Waals surface area contributed by atoms with E-state index in [1.165, 1.54) is 7.11 Å². The van der Waals surface area contributed by atoms with Gasteiger partial charge in [0, 0.05) is 23.7 Å². The minimum atomic E-state index is -0.394. The van der Waals surface area contributed by atoms with Crippen LogP contribution < -0.4 is 15.2 Å². The highest BCUT2D eigenvalue weighted by Gasteiger charge is 2.36. The Morgan fingerprint density at radius 1 is 1.03 bits per heavy atom. The summed E-state index contributed by atoms with van der Waals surface area (Å²) in [5.74, 6) is 1.11. The minimum Gasteiger partial charge on any atom is -0.497 e. The summed E-state index contributed by atoms with van der Waals surface area (Å²) in [6.45, 7) is 8.87. The van der Waals surface area contributed by atoms with Crippen LogP contribution in [0.4, 0.5) is 5.69 Å². The molecule has 0 saturated carbocycles. The van der Waals surface area contributed by atoms with Crippen LogP contribution in [0.25, 0.3) is 0 Å². The first-order valence-corrected chi connectivity index (χ1v) is 12.3. The molecule has 2 rings (SSSR count). The van der Waals surface area contributed by atoms with Gasteiger partial charge in [-0.15, -0.1) is 0 Å². The largest absolute Gasteiger partial charge is 0.497 e. The molecule has 2 aromatic carbocycles. The number of benzene rings is 2. The number of nitrogen functional groups attached to an aromatic ring is 1. The topological polar surface area (TPSA) is 87.9 Å². The van der Waals surface area contributed by atoms with Gasteiger partial charge in [0.2, 0.25) is 0 Å². The lowest BCUT2D eigenvalue weighted by Crippen LogP contribution is -2.29. The molecule has 0 fully saturated rings. The second kappa shape index (κ2) is 12.6. The minimum absolute atomic E-state index is 0.0281. The van der Waals surface area contributed by atoms with Crippen LogP contribution in [0.3, 0.4) is 0 Å². The van der Waals surface area contributed by atoms with Crippen molar-refractivity contribution in [1.82, 2.24) is 0 Å². The molecule has 0 amide bonds. The predicted octanol–water partition coefficient (Wildman–Crippen LogP) is 6.21. The average molecular weight is 484 g/mol. The van der Waals surface area contributed by atoms with Crippen LogP contribution >= 0.6 is 0 Å². The van der Waals surface area contributed by atoms with Gasteiger partial charge in [0.25, 0.3) is 0 Å². The predicted molar refractivity (Wildman–Crippen MR) is 140 cm³/mol. The molecular formula is C29H41NO5. The number of para-hydroxylation sites is 1. The number of carbonyl (C=O) groups excluding carboxylic acids is 2. The van der Waals surface area contributed by atoms with E-state index in [1.54, 1.807) is 32.4 Å². The Labute approximate surface area is 210 Å². The maximum Gasteiger partial charge on any atom is 0.310 e.